The molecular formula is C20H19N5O2. The number of carbonyl (C=O) groups is 1. The van der Waals surface area contributed by atoms with E-state index in [-0.39, 0.29) is 12.5 Å². The number of nitrogens with one attached hydrogen (secondary N) is 2. The fourth-order valence-corrected chi connectivity index (χ4v) is 3.12. The van der Waals surface area contributed by atoms with Gasteiger partial charge >= 0.3 is 0 Å². The number of aliphatic hydroxyl groups is 1. The van der Waals surface area contributed by atoms with E-state index in [1.807, 2.05) is 49.5 Å². The zero-order valence-corrected chi connectivity index (χ0v) is 14.8. The Kier molecular flexibility index (Phi) is 4.43. The number of amides is 1. The molecule has 4 aromatic rings. The van der Waals surface area contributed by atoms with Gasteiger partial charge in [0.25, 0.3) is 5.91 Å². The molecule has 0 radical (unpaired) electrons. The first kappa shape index (κ1) is 17.0. The lowest BCUT2D eigenvalue weighted by atomic mass is 10.1. The standard InChI is InChI=1S/C20H19N5O2/c1-25-18(20(27)21-9-14-4-2-3-5-15(14)12-26)8-13-6-7-17(24-19(13)25)16-10-22-23-11-16/h2-8,10-11,26H,9,12H2,1H3,(H,21,27)(H,22,23). The van der Waals surface area contributed by atoms with Gasteiger partial charge in [-0.3, -0.25) is 9.89 Å². The molecule has 3 N–H and O–H groups in total. The normalized spacial score (nSPS) is 11.0. The first-order valence-corrected chi connectivity index (χ1v) is 8.59. The van der Waals surface area contributed by atoms with Gasteiger partial charge in [0.1, 0.15) is 11.3 Å². The number of aromatic amines is 1. The average molecular weight is 361 g/mol. The molecule has 0 aliphatic rings. The first-order chi connectivity index (χ1) is 13.2. The van der Waals surface area contributed by atoms with Gasteiger partial charge in [-0.25, -0.2) is 4.98 Å². The third-order valence-corrected chi connectivity index (χ3v) is 4.63. The monoisotopic (exact) mass is 361 g/mol. The summed E-state index contributed by atoms with van der Waals surface area (Å²) in [6, 6.07) is 13.2. The zero-order valence-electron chi connectivity index (χ0n) is 14.8. The molecule has 0 aliphatic heterocycles. The van der Waals surface area contributed by atoms with Crippen LogP contribution in [0.1, 0.15) is 21.6 Å². The molecule has 0 saturated carbocycles. The van der Waals surface area contributed by atoms with Gasteiger partial charge < -0.3 is 15.0 Å². The highest BCUT2D eigenvalue weighted by molar-refractivity contribution is 5.98. The van der Waals surface area contributed by atoms with Gasteiger partial charge in [0.05, 0.1) is 18.5 Å². The van der Waals surface area contributed by atoms with Gasteiger partial charge in [-0.15, -0.1) is 0 Å². The fraction of sp³-hybridized carbons (Fsp3) is 0.150. The van der Waals surface area contributed by atoms with E-state index in [1.165, 1.54) is 0 Å². The Hall–Kier alpha value is -3.45. The maximum atomic E-state index is 12.7. The summed E-state index contributed by atoms with van der Waals surface area (Å²) >= 11 is 0. The minimum absolute atomic E-state index is 0.0548. The number of aromatic nitrogens is 4. The van der Waals surface area contributed by atoms with Gasteiger partial charge in [0.2, 0.25) is 0 Å². The summed E-state index contributed by atoms with van der Waals surface area (Å²) in [6.45, 7) is 0.297. The molecule has 7 nitrogen and oxygen atoms in total. The van der Waals surface area contributed by atoms with Crippen molar-refractivity contribution in [3.8, 4) is 11.3 Å². The van der Waals surface area contributed by atoms with Crippen molar-refractivity contribution in [2.75, 3.05) is 0 Å². The minimum Gasteiger partial charge on any atom is -0.392 e. The SMILES string of the molecule is Cn1c(C(=O)NCc2ccccc2CO)cc2ccc(-c3cn[nH]c3)nc21. The van der Waals surface area contributed by atoms with E-state index in [2.05, 4.69) is 20.5 Å². The highest BCUT2D eigenvalue weighted by Gasteiger charge is 2.15. The molecular weight excluding hydrogens is 342 g/mol. The van der Waals surface area contributed by atoms with Gasteiger partial charge in [0.15, 0.2) is 0 Å². The second-order valence-corrected chi connectivity index (χ2v) is 6.29. The number of hydrogen-bond donors (Lipinski definition) is 3. The highest BCUT2D eigenvalue weighted by atomic mass is 16.3. The highest BCUT2D eigenvalue weighted by Crippen LogP contribution is 2.22. The molecule has 136 valence electrons. The van der Waals surface area contributed by atoms with Crippen LogP contribution in [-0.4, -0.2) is 30.8 Å². The Labute approximate surface area is 155 Å². The fourth-order valence-electron chi connectivity index (χ4n) is 3.12. The number of fused-ring (bicyclic) bond motifs is 1. The van der Waals surface area contributed by atoms with Crippen LogP contribution in [0.4, 0.5) is 0 Å². The summed E-state index contributed by atoms with van der Waals surface area (Å²) in [7, 11) is 1.82. The summed E-state index contributed by atoms with van der Waals surface area (Å²) in [5.41, 5.74) is 4.65. The molecule has 1 amide bonds. The lowest BCUT2D eigenvalue weighted by Gasteiger charge is -2.09. The largest absolute Gasteiger partial charge is 0.392 e. The molecule has 0 atom stereocenters. The van der Waals surface area contributed by atoms with Crippen LogP contribution in [0.2, 0.25) is 0 Å². The molecule has 1 aromatic carbocycles. The van der Waals surface area contributed by atoms with Crippen LogP contribution in [0.15, 0.2) is 54.9 Å². The maximum absolute atomic E-state index is 12.7. The third kappa shape index (κ3) is 3.20. The molecule has 0 spiro atoms. The Morgan fingerprint density at radius 1 is 1.22 bits per heavy atom. The lowest BCUT2D eigenvalue weighted by Crippen LogP contribution is -2.25. The first-order valence-electron chi connectivity index (χ1n) is 8.59. The number of H-pyrrole nitrogens is 1. The minimum atomic E-state index is -0.187. The van der Waals surface area contributed by atoms with Crippen LogP contribution in [-0.2, 0) is 20.2 Å². The van der Waals surface area contributed by atoms with Gasteiger partial charge in [0, 0.05) is 30.7 Å². The zero-order chi connectivity index (χ0) is 18.8. The van der Waals surface area contributed by atoms with Crippen LogP contribution in [0, 0.1) is 0 Å². The van der Waals surface area contributed by atoms with Crippen molar-refractivity contribution in [1.82, 2.24) is 25.1 Å². The van der Waals surface area contributed by atoms with Crippen LogP contribution >= 0.6 is 0 Å². The average Bonchev–Trinajstić information content (AvgIpc) is 3.35. The van der Waals surface area contributed by atoms with E-state index in [0.717, 1.165) is 33.4 Å². The van der Waals surface area contributed by atoms with Crippen LogP contribution in [0.25, 0.3) is 22.3 Å². The Balaban J connectivity index is 1.59. The Bertz CT molecular complexity index is 1100. The van der Waals surface area contributed by atoms with Crippen molar-refractivity contribution in [2.24, 2.45) is 7.05 Å². The van der Waals surface area contributed by atoms with E-state index in [0.29, 0.717) is 12.2 Å². The van der Waals surface area contributed by atoms with Gasteiger partial charge in [-0.1, -0.05) is 24.3 Å². The lowest BCUT2D eigenvalue weighted by molar-refractivity contribution is 0.0943. The number of aliphatic hydroxyl groups excluding tert-OH is 1. The summed E-state index contributed by atoms with van der Waals surface area (Å²) in [5.74, 6) is -0.187. The van der Waals surface area contributed by atoms with Crippen LogP contribution in [0.5, 0.6) is 0 Å². The molecule has 3 heterocycles. The maximum Gasteiger partial charge on any atom is 0.268 e. The Morgan fingerprint density at radius 2 is 2.04 bits per heavy atom. The number of pyridine rings is 1. The third-order valence-electron chi connectivity index (χ3n) is 4.63. The number of aryl methyl sites for hydroxylation is 1. The second-order valence-electron chi connectivity index (χ2n) is 6.29. The topological polar surface area (TPSA) is 95.8 Å². The molecule has 3 aromatic heterocycles. The summed E-state index contributed by atoms with van der Waals surface area (Å²) < 4.78 is 1.78. The molecule has 0 fully saturated rings. The summed E-state index contributed by atoms with van der Waals surface area (Å²) in [4.78, 5) is 17.3. The quantitative estimate of drug-likeness (QED) is 0.508. The van der Waals surface area contributed by atoms with E-state index in [9.17, 15) is 9.90 Å². The van der Waals surface area contributed by atoms with Crippen LogP contribution in [0.3, 0.4) is 0 Å². The summed E-state index contributed by atoms with van der Waals surface area (Å²) in [5, 5.41) is 20.0. The van der Waals surface area contributed by atoms with Crippen molar-refractivity contribution in [3.05, 3.63) is 71.7 Å². The van der Waals surface area contributed by atoms with E-state index in [4.69, 9.17) is 0 Å². The number of rotatable bonds is 5. The number of carbonyl (C=O) groups excluding carboxylic acids is 1. The molecule has 7 heteroatoms. The number of nitrogens with zero attached hydrogens (tertiary/aromatic N) is 3. The van der Waals surface area contributed by atoms with Crippen LogP contribution < -0.4 is 5.32 Å². The summed E-state index contributed by atoms with van der Waals surface area (Å²) in [6.07, 6.45) is 3.49. The van der Waals surface area contributed by atoms with Crippen molar-refractivity contribution in [2.45, 2.75) is 13.2 Å². The van der Waals surface area contributed by atoms with E-state index >= 15 is 0 Å². The Morgan fingerprint density at radius 3 is 2.78 bits per heavy atom. The number of hydrogen-bond acceptors (Lipinski definition) is 4. The van der Waals surface area contributed by atoms with E-state index in [1.54, 1.807) is 17.0 Å². The molecule has 0 unspecified atom stereocenters. The molecule has 0 aliphatic carbocycles. The van der Waals surface area contributed by atoms with Gasteiger partial charge in [-0.2, -0.15) is 5.10 Å². The predicted molar refractivity (Wildman–Crippen MR) is 102 cm³/mol. The number of benzene rings is 1. The van der Waals surface area contributed by atoms with Crippen molar-refractivity contribution in [3.63, 3.8) is 0 Å². The molecule has 0 saturated heterocycles. The van der Waals surface area contributed by atoms with Crippen molar-refractivity contribution >= 4 is 16.9 Å². The second kappa shape index (κ2) is 7.05. The van der Waals surface area contributed by atoms with E-state index < -0.39 is 0 Å². The molecule has 0 bridgehead atoms. The van der Waals surface area contributed by atoms with Crippen molar-refractivity contribution < 1.29 is 9.90 Å². The molecule has 27 heavy (non-hydrogen) atoms. The molecule has 4 rings (SSSR count). The van der Waals surface area contributed by atoms with Gasteiger partial charge in [-0.05, 0) is 29.3 Å². The predicted octanol–water partition coefficient (Wildman–Crippen LogP) is 2.39. The smallest absolute Gasteiger partial charge is 0.268 e. The van der Waals surface area contributed by atoms with Crippen molar-refractivity contribution in [1.29, 1.82) is 0 Å².